The number of nitrogens with one attached hydrogen (secondary N) is 1. The molecule has 6 nitrogen and oxygen atoms in total. The third-order valence-corrected chi connectivity index (χ3v) is 6.16. The molecule has 4 aromatic rings. The smallest absolute Gasteiger partial charge is 0.322 e. The summed E-state index contributed by atoms with van der Waals surface area (Å²) in [5, 5.41) is 7.97. The van der Waals surface area contributed by atoms with Crippen molar-refractivity contribution < 1.29 is 9.32 Å². The van der Waals surface area contributed by atoms with E-state index in [2.05, 4.69) is 10.5 Å². The number of aryl methyl sites for hydroxylation is 1. The van der Waals surface area contributed by atoms with Gasteiger partial charge in [0.05, 0.1) is 18.2 Å². The van der Waals surface area contributed by atoms with E-state index < -0.39 is 6.04 Å². The van der Waals surface area contributed by atoms with Gasteiger partial charge < -0.3 is 9.84 Å². The van der Waals surface area contributed by atoms with Crippen LogP contribution in [0.5, 0.6) is 0 Å². The van der Waals surface area contributed by atoms with E-state index in [-0.39, 0.29) is 6.03 Å². The van der Waals surface area contributed by atoms with Gasteiger partial charge in [-0.05, 0) is 37.1 Å². The lowest BCUT2D eigenvalue weighted by atomic mass is 9.94. The van der Waals surface area contributed by atoms with E-state index in [9.17, 15) is 4.79 Å². The van der Waals surface area contributed by atoms with Gasteiger partial charge in [0.1, 0.15) is 0 Å². The standard InChI is InChI=1S/C27H23ClN4O2/c1-17-11-13-21(14-12-17)25-30-26(34-31-25)23-18(2)32(16-19-7-6-10-22(28)15-19)27(33)29-24(23)20-8-4-3-5-9-20/h3-15,24H,16H2,1-2H3,(H,29,33). The zero-order chi connectivity index (χ0) is 23.7. The van der Waals surface area contributed by atoms with Crippen LogP contribution >= 0.6 is 11.6 Å². The Morgan fingerprint density at radius 2 is 1.76 bits per heavy atom. The highest BCUT2D eigenvalue weighted by atomic mass is 35.5. The minimum Gasteiger partial charge on any atom is -0.334 e. The molecule has 2 heterocycles. The van der Waals surface area contributed by atoms with Crippen molar-refractivity contribution in [3.8, 4) is 11.4 Å². The maximum Gasteiger partial charge on any atom is 0.322 e. The van der Waals surface area contributed by atoms with Gasteiger partial charge in [-0.2, -0.15) is 4.98 Å². The third kappa shape index (κ3) is 4.32. The maximum absolute atomic E-state index is 13.2. The molecular weight excluding hydrogens is 448 g/mol. The monoisotopic (exact) mass is 470 g/mol. The molecule has 0 bridgehead atoms. The molecule has 0 fully saturated rings. The van der Waals surface area contributed by atoms with Crippen LogP contribution in [0.25, 0.3) is 17.0 Å². The van der Waals surface area contributed by atoms with Crippen LogP contribution in [0.2, 0.25) is 5.02 Å². The van der Waals surface area contributed by atoms with Crippen LogP contribution in [0.4, 0.5) is 4.79 Å². The number of carbonyl (C=O) groups excluding carboxylic acids is 1. The summed E-state index contributed by atoms with van der Waals surface area (Å²) >= 11 is 6.17. The number of amides is 2. The number of hydrogen-bond donors (Lipinski definition) is 1. The van der Waals surface area contributed by atoms with E-state index >= 15 is 0 Å². The molecule has 1 aliphatic rings. The fourth-order valence-electron chi connectivity index (χ4n) is 4.11. The SMILES string of the molecule is CC1=C(c2nc(-c3ccc(C)cc3)no2)C(c2ccccc2)NC(=O)N1Cc1cccc(Cl)c1. The number of nitrogens with zero attached hydrogens (tertiary/aromatic N) is 3. The summed E-state index contributed by atoms with van der Waals surface area (Å²) in [4.78, 5) is 19.6. The van der Waals surface area contributed by atoms with E-state index in [0.717, 1.165) is 33.5 Å². The van der Waals surface area contributed by atoms with Crippen molar-refractivity contribution in [2.45, 2.75) is 26.4 Å². The molecule has 2 amide bonds. The molecule has 0 aliphatic carbocycles. The lowest BCUT2D eigenvalue weighted by Crippen LogP contribution is -2.45. The summed E-state index contributed by atoms with van der Waals surface area (Å²) in [6, 6.07) is 24.6. The second-order valence-electron chi connectivity index (χ2n) is 8.30. The van der Waals surface area contributed by atoms with E-state index in [1.54, 1.807) is 4.90 Å². The predicted molar refractivity (Wildman–Crippen MR) is 132 cm³/mol. The molecule has 5 rings (SSSR count). The van der Waals surface area contributed by atoms with Crippen molar-refractivity contribution in [3.63, 3.8) is 0 Å². The van der Waals surface area contributed by atoms with Crippen LogP contribution < -0.4 is 5.32 Å². The van der Waals surface area contributed by atoms with E-state index in [4.69, 9.17) is 21.1 Å². The molecule has 0 saturated carbocycles. The first-order valence-electron chi connectivity index (χ1n) is 11.0. The minimum atomic E-state index is -0.421. The van der Waals surface area contributed by atoms with E-state index in [1.807, 2.05) is 92.7 Å². The predicted octanol–water partition coefficient (Wildman–Crippen LogP) is 6.40. The van der Waals surface area contributed by atoms with E-state index in [0.29, 0.717) is 23.3 Å². The Morgan fingerprint density at radius 3 is 2.50 bits per heavy atom. The minimum absolute atomic E-state index is 0.201. The van der Waals surface area contributed by atoms with Crippen LogP contribution in [-0.2, 0) is 6.54 Å². The van der Waals surface area contributed by atoms with Crippen molar-refractivity contribution >= 4 is 23.2 Å². The first-order chi connectivity index (χ1) is 16.5. The first-order valence-corrected chi connectivity index (χ1v) is 11.4. The topological polar surface area (TPSA) is 71.3 Å². The second kappa shape index (κ2) is 9.15. The Hall–Kier alpha value is -3.90. The van der Waals surface area contributed by atoms with Gasteiger partial charge >= 0.3 is 6.03 Å². The van der Waals surface area contributed by atoms with Crippen molar-refractivity contribution in [2.24, 2.45) is 0 Å². The quantitative estimate of drug-likeness (QED) is 0.366. The molecule has 1 unspecified atom stereocenters. The lowest BCUT2D eigenvalue weighted by molar-refractivity contribution is 0.203. The van der Waals surface area contributed by atoms with Crippen LogP contribution in [0.1, 0.15) is 35.5 Å². The average molecular weight is 471 g/mol. The molecule has 1 N–H and O–H groups in total. The normalized spacial score (nSPS) is 16.0. The summed E-state index contributed by atoms with van der Waals surface area (Å²) < 4.78 is 5.75. The van der Waals surface area contributed by atoms with Crippen molar-refractivity contribution in [1.29, 1.82) is 0 Å². The first kappa shape index (κ1) is 21.9. The molecule has 0 spiro atoms. The summed E-state index contributed by atoms with van der Waals surface area (Å²) in [5.74, 6) is 0.874. The Bertz CT molecular complexity index is 1360. The van der Waals surface area contributed by atoms with Crippen LogP contribution in [0.15, 0.2) is 89.1 Å². The van der Waals surface area contributed by atoms with Gasteiger partial charge in [-0.3, -0.25) is 4.90 Å². The van der Waals surface area contributed by atoms with Gasteiger partial charge in [0.15, 0.2) is 0 Å². The fraction of sp³-hybridized carbons (Fsp3) is 0.148. The molecule has 3 aromatic carbocycles. The highest BCUT2D eigenvalue weighted by molar-refractivity contribution is 6.30. The highest BCUT2D eigenvalue weighted by Crippen LogP contribution is 2.37. The molecule has 1 aromatic heterocycles. The molecular formula is C27H23ClN4O2. The fourth-order valence-corrected chi connectivity index (χ4v) is 4.33. The lowest BCUT2D eigenvalue weighted by Gasteiger charge is -2.35. The van der Waals surface area contributed by atoms with Crippen molar-refractivity contribution in [3.05, 3.63) is 112 Å². The molecule has 170 valence electrons. The van der Waals surface area contributed by atoms with Gasteiger partial charge in [-0.15, -0.1) is 0 Å². The van der Waals surface area contributed by atoms with Gasteiger partial charge in [0.25, 0.3) is 5.89 Å². The van der Waals surface area contributed by atoms with Crippen molar-refractivity contribution in [1.82, 2.24) is 20.4 Å². The Kier molecular flexibility index (Phi) is 5.90. The van der Waals surface area contributed by atoms with Gasteiger partial charge in [-0.25, -0.2) is 4.79 Å². The van der Waals surface area contributed by atoms with Crippen LogP contribution in [0, 0.1) is 6.92 Å². The number of allylic oxidation sites excluding steroid dienone is 1. The molecule has 0 saturated heterocycles. The van der Waals surface area contributed by atoms with Crippen LogP contribution in [-0.4, -0.2) is 21.1 Å². The maximum atomic E-state index is 13.2. The number of aromatic nitrogens is 2. The molecule has 0 radical (unpaired) electrons. The molecule has 1 aliphatic heterocycles. The second-order valence-corrected chi connectivity index (χ2v) is 8.73. The van der Waals surface area contributed by atoms with Crippen molar-refractivity contribution in [2.75, 3.05) is 0 Å². The van der Waals surface area contributed by atoms with Gasteiger partial charge in [0, 0.05) is 16.3 Å². The number of hydrogen-bond acceptors (Lipinski definition) is 4. The number of rotatable bonds is 5. The molecule has 1 atom stereocenters. The number of halogens is 1. The summed E-state index contributed by atoms with van der Waals surface area (Å²) in [7, 11) is 0. The Labute approximate surface area is 202 Å². The molecule has 7 heteroatoms. The van der Waals surface area contributed by atoms with Gasteiger partial charge in [-0.1, -0.05) is 89.1 Å². The summed E-state index contributed by atoms with van der Waals surface area (Å²) in [5.41, 5.74) is 5.39. The summed E-state index contributed by atoms with van der Waals surface area (Å²) in [6.45, 7) is 4.30. The Balaban J connectivity index is 1.59. The average Bonchev–Trinajstić information content (AvgIpc) is 3.32. The third-order valence-electron chi connectivity index (χ3n) is 5.93. The number of urea groups is 1. The molecule has 34 heavy (non-hydrogen) atoms. The highest BCUT2D eigenvalue weighted by Gasteiger charge is 2.35. The van der Waals surface area contributed by atoms with Crippen LogP contribution in [0.3, 0.4) is 0 Å². The number of benzene rings is 3. The van der Waals surface area contributed by atoms with E-state index in [1.165, 1.54) is 0 Å². The van der Waals surface area contributed by atoms with Gasteiger partial charge in [0.2, 0.25) is 5.82 Å². The zero-order valence-corrected chi connectivity index (χ0v) is 19.6. The summed E-state index contributed by atoms with van der Waals surface area (Å²) in [6.07, 6.45) is 0. The zero-order valence-electron chi connectivity index (χ0n) is 18.8. The largest absolute Gasteiger partial charge is 0.334 e. The Morgan fingerprint density at radius 1 is 1.00 bits per heavy atom. The number of carbonyl (C=O) groups is 1.